The predicted molar refractivity (Wildman–Crippen MR) is 87.9 cm³/mol. The van der Waals surface area contributed by atoms with Crippen molar-refractivity contribution in [2.24, 2.45) is 11.8 Å². The number of carbonyl (C=O) groups excluding carboxylic acids is 1. The predicted octanol–water partition coefficient (Wildman–Crippen LogP) is 3.53. The molecule has 3 N–H and O–H groups in total. The summed E-state index contributed by atoms with van der Waals surface area (Å²) in [7, 11) is 0. The van der Waals surface area contributed by atoms with Crippen LogP contribution in [0.15, 0.2) is 24.3 Å². The molecule has 0 saturated heterocycles. The third-order valence-corrected chi connectivity index (χ3v) is 4.65. The Hall–Kier alpha value is -1.51. The molecule has 21 heavy (non-hydrogen) atoms. The Kier molecular flexibility index (Phi) is 6.09. The van der Waals surface area contributed by atoms with Crippen molar-refractivity contribution >= 4 is 11.6 Å². The summed E-state index contributed by atoms with van der Waals surface area (Å²) in [4.78, 5) is 12.3. The summed E-state index contributed by atoms with van der Waals surface area (Å²) in [5.41, 5.74) is 7.67. The zero-order valence-electron chi connectivity index (χ0n) is 13.1. The molecule has 1 atom stereocenters. The molecular formula is C18H28N2O. The number of benzene rings is 1. The van der Waals surface area contributed by atoms with E-state index in [1.807, 2.05) is 24.3 Å². The van der Waals surface area contributed by atoms with Crippen molar-refractivity contribution in [1.29, 1.82) is 0 Å². The third-order valence-electron chi connectivity index (χ3n) is 4.65. The molecule has 0 bridgehead atoms. The average molecular weight is 288 g/mol. The van der Waals surface area contributed by atoms with Crippen LogP contribution in [0.5, 0.6) is 0 Å². The second kappa shape index (κ2) is 8.06. The van der Waals surface area contributed by atoms with Crippen molar-refractivity contribution in [1.82, 2.24) is 5.32 Å². The number of nitrogens with two attached hydrogens (primary N) is 1. The molecule has 1 aliphatic carbocycles. The first-order chi connectivity index (χ1) is 10.2. The lowest BCUT2D eigenvalue weighted by atomic mass is 9.91. The Bertz CT molecular complexity index is 435. The highest BCUT2D eigenvalue weighted by atomic mass is 16.1. The summed E-state index contributed by atoms with van der Waals surface area (Å²) >= 11 is 0. The summed E-state index contributed by atoms with van der Waals surface area (Å²) < 4.78 is 0. The van der Waals surface area contributed by atoms with Crippen LogP contribution >= 0.6 is 0 Å². The molecule has 0 aromatic heterocycles. The molecule has 0 spiro atoms. The number of nitrogens with one attached hydrogen (secondary N) is 1. The fraction of sp³-hybridized carbons (Fsp3) is 0.611. The van der Waals surface area contributed by atoms with Crippen LogP contribution in [0.4, 0.5) is 5.69 Å². The van der Waals surface area contributed by atoms with Crippen LogP contribution in [-0.4, -0.2) is 12.5 Å². The molecule has 0 heterocycles. The van der Waals surface area contributed by atoms with Crippen molar-refractivity contribution in [3.05, 3.63) is 29.8 Å². The van der Waals surface area contributed by atoms with Crippen LogP contribution < -0.4 is 11.1 Å². The fourth-order valence-corrected chi connectivity index (χ4v) is 3.27. The van der Waals surface area contributed by atoms with Gasteiger partial charge in [0.25, 0.3) is 0 Å². The van der Waals surface area contributed by atoms with Gasteiger partial charge in [-0.3, -0.25) is 4.79 Å². The van der Waals surface area contributed by atoms with Crippen LogP contribution in [0.3, 0.4) is 0 Å². The zero-order valence-corrected chi connectivity index (χ0v) is 13.1. The Balaban J connectivity index is 1.72. The first kappa shape index (κ1) is 15.9. The summed E-state index contributed by atoms with van der Waals surface area (Å²) in [6.45, 7) is 2.84. The first-order valence-electron chi connectivity index (χ1n) is 8.31. The van der Waals surface area contributed by atoms with E-state index in [1.165, 1.54) is 31.2 Å². The van der Waals surface area contributed by atoms with E-state index in [-0.39, 0.29) is 11.8 Å². The lowest BCUT2D eigenvalue weighted by Crippen LogP contribution is -2.32. The first-order valence-corrected chi connectivity index (χ1v) is 8.31. The van der Waals surface area contributed by atoms with Gasteiger partial charge in [0.2, 0.25) is 5.91 Å². The smallest absolute Gasteiger partial charge is 0.223 e. The lowest BCUT2D eigenvalue weighted by Gasteiger charge is -2.18. The maximum absolute atomic E-state index is 12.3. The number of rotatable bonds is 7. The van der Waals surface area contributed by atoms with Crippen LogP contribution in [0.1, 0.15) is 51.0 Å². The quantitative estimate of drug-likeness (QED) is 0.754. The highest BCUT2D eigenvalue weighted by Gasteiger charge is 2.23. The SMILES string of the molecule is CCC(CC1CCCC1)C(=O)NCCc1ccc(N)cc1. The minimum Gasteiger partial charge on any atom is -0.399 e. The van der Waals surface area contributed by atoms with Gasteiger partial charge in [-0.1, -0.05) is 44.7 Å². The van der Waals surface area contributed by atoms with E-state index in [2.05, 4.69) is 12.2 Å². The molecule has 116 valence electrons. The molecule has 3 heteroatoms. The van der Waals surface area contributed by atoms with Crippen LogP contribution in [-0.2, 0) is 11.2 Å². The van der Waals surface area contributed by atoms with Gasteiger partial charge >= 0.3 is 0 Å². The summed E-state index contributed by atoms with van der Waals surface area (Å²) in [5.74, 6) is 1.21. The third kappa shape index (κ3) is 5.07. The van der Waals surface area contributed by atoms with Gasteiger partial charge in [0, 0.05) is 18.2 Å². The minimum absolute atomic E-state index is 0.194. The van der Waals surface area contributed by atoms with Gasteiger partial charge < -0.3 is 11.1 Å². The second-order valence-corrected chi connectivity index (χ2v) is 6.27. The standard InChI is InChI=1S/C18H28N2O/c1-2-16(13-15-5-3-4-6-15)18(21)20-12-11-14-7-9-17(19)10-8-14/h7-10,15-16H,2-6,11-13,19H2,1H3,(H,20,21). The van der Waals surface area contributed by atoms with E-state index in [0.29, 0.717) is 6.54 Å². The normalized spacial score (nSPS) is 16.8. The van der Waals surface area contributed by atoms with Gasteiger partial charge in [-0.05, 0) is 42.9 Å². The van der Waals surface area contributed by atoms with E-state index < -0.39 is 0 Å². The zero-order chi connectivity index (χ0) is 15.1. The summed E-state index contributed by atoms with van der Waals surface area (Å²) in [6.07, 6.45) is 8.21. The topological polar surface area (TPSA) is 55.1 Å². The average Bonchev–Trinajstić information content (AvgIpc) is 2.99. The van der Waals surface area contributed by atoms with Gasteiger partial charge in [0.05, 0.1) is 0 Å². The van der Waals surface area contributed by atoms with Crippen LogP contribution in [0.25, 0.3) is 0 Å². The van der Waals surface area contributed by atoms with Gasteiger partial charge in [-0.2, -0.15) is 0 Å². The number of hydrogen-bond acceptors (Lipinski definition) is 2. The fourth-order valence-electron chi connectivity index (χ4n) is 3.27. The van der Waals surface area contributed by atoms with Crippen LogP contribution in [0, 0.1) is 11.8 Å². The molecule has 0 aliphatic heterocycles. The maximum atomic E-state index is 12.3. The number of anilines is 1. The molecule has 1 aromatic rings. The molecule has 1 fully saturated rings. The molecule has 1 amide bonds. The molecule has 1 unspecified atom stereocenters. The monoisotopic (exact) mass is 288 g/mol. The van der Waals surface area contributed by atoms with Crippen molar-refractivity contribution < 1.29 is 4.79 Å². The molecule has 1 aromatic carbocycles. The number of hydrogen-bond donors (Lipinski definition) is 2. The second-order valence-electron chi connectivity index (χ2n) is 6.27. The Morgan fingerprint density at radius 3 is 2.57 bits per heavy atom. The van der Waals surface area contributed by atoms with Gasteiger partial charge in [-0.15, -0.1) is 0 Å². The van der Waals surface area contributed by atoms with E-state index in [4.69, 9.17) is 5.73 Å². The molecule has 2 rings (SSSR count). The molecule has 0 radical (unpaired) electrons. The lowest BCUT2D eigenvalue weighted by molar-refractivity contribution is -0.125. The molecular weight excluding hydrogens is 260 g/mol. The molecule has 1 aliphatic rings. The maximum Gasteiger partial charge on any atom is 0.223 e. The highest BCUT2D eigenvalue weighted by molar-refractivity contribution is 5.78. The summed E-state index contributed by atoms with van der Waals surface area (Å²) in [6, 6.07) is 7.87. The molecule has 1 saturated carbocycles. The summed E-state index contributed by atoms with van der Waals surface area (Å²) in [5, 5.41) is 3.10. The van der Waals surface area contributed by atoms with Gasteiger partial charge in [0.15, 0.2) is 0 Å². The van der Waals surface area contributed by atoms with Crippen LogP contribution in [0.2, 0.25) is 0 Å². The number of amides is 1. The van der Waals surface area contributed by atoms with E-state index in [0.717, 1.165) is 30.9 Å². The highest BCUT2D eigenvalue weighted by Crippen LogP contribution is 2.31. The largest absolute Gasteiger partial charge is 0.399 e. The van der Waals surface area contributed by atoms with Crippen molar-refractivity contribution in [2.75, 3.05) is 12.3 Å². The molecule has 3 nitrogen and oxygen atoms in total. The number of nitrogen functional groups attached to an aromatic ring is 1. The van der Waals surface area contributed by atoms with Crippen molar-refractivity contribution in [3.8, 4) is 0 Å². The van der Waals surface area contributed by atoms with Crippen molar-refractivity contribution in [3.63, 3.8) is 0 Å². The van der Waals surface area contributed by atoms with E-state index in [9.17, 15) is 4.79 Å². The van der Waals surface area contributed by atoms with Gasteiger partial charge in [-0.25, -0.2) is 0 Å². The Morgan fingerprint density at radius 2 is 1.95 bits per heavy atom. The number of carbonyl (C=O) groups is 1. The minimum atomic E-state index is 0.194. The Morgan fingerprint density at radius 1 is 1.29 bits per heavy atom. The Labute approximate surface area is 128 Å². The van der Waals surface area contributed by atoms with Gasteiger partial charge in [0.1, 0.15) is 0 Å². The van der Waals surface area contributed by atoms with E-state index in [1.54, 1.807) is 0 Å². The van der Waals surface area contributed by atoms with E-state index >= 15 is 0 Å². The van der Waals surface area contributed by atoms with Crippen molar-refractivity contribution in [2.45, 2.75) is 51.9 Å².